The van der Waals surface area contributed by atoms with Gasteiger partial charge in [-0.3, -0.25) is 9.69 Å². The van der Waals surface area contributed by atoms with Crippen LogP contribution in [0.15, 0.2) is 24.3 Å². The minimum absolute atomic E-state index is 0.0514. The number of nitriles is 1. The topological polar surface area (TPSA) is 56.1 Å². The molecule has 4 heteroatoms. The second-order valence-electron chi connectivity index (χ2n) is 6.76. The third kappa shape index (κ3) is 4.33. The van der Waals surface area contributed by atoms with E-state index in [9.17, 15) is 10.1 Å². The molecule has 2 rings (SSSR count). The number of carbonyl (C=O) groups is 1. The summed E-state index contributed by atoms with van der Waals surface area (Å²) in [5, 5.41) is 12.5. The molecule has 1 fully saturated rings. The summed E-state index contributed by atoms with van der Waals surface area (Å²) in [7, 11) is 1.95. The molecule has 1 aromatic carbocycles. The molecule has 1 unspecified atom stereocenters. The molecule has 0 spiro atoms. The number of hydrogen-bond donors (Lipinski definition) is 1. The van der Waals surface area contributed by atoms with E-state index in [1.807, 2.05) is 31.0 Å². The van der Waals surface area contributed by atoms with Gasteiger partial charge in [0, 0.05) is 6.54 Å². The first-order valence-electron chi connectivity index (χ1n) is 8.45. The molecule has 124 valence electrons. The van der Waals surface area contributed by atoms with Crippen LogP contribution in [-0.4, -0.2) is 29.4 Å². The van der Waals surface area contributed by atoms with Crippen LogP contribution in [0.3, 0.4) is 0 Å². The number of aryl methyl sites for hydroxylation is 1. The van der Waals surface area contributed by atoms with Crippen LogP contribution in [0.25, 0.3) is 0 Å². The fourth-order valence-electron chi connectivity index (χ4n) is 3.15. The van der Waals surface area contributed by atoms with E-state index in [2.05, 4.69) is 30.4 Å². The molecule has 1 aliphatic carbocycles. The average molecular weight is 313 g/mol. The summed E-state index contributed by atoms with van der Waals surface area (Å²) in [4.78, 5) is 14.6. The lowest BCUT2D eigenvalue weighted by Gasteiger charge is -2.34. The van der Waals surface area contributed by atoms with E-state index in [0.29, 0.717) is 0 Å². The average Bonchev–Trinajstić information content (AvgIpc) is 2.57. The summed E-state index contributed by atoms with van der Waals surface area (Å²) in [6.45, 7) is 4.71. The molecule has 1 atom stereocenters. The molecule has 1 amide bonds. The molecule has 0 saturated heterocycles. The number of hydrogen-bond acceptors (Lipinski definition) is 3. The van der Waals surface area contributed by atoms with Crippen molar-refractivity contribution in [1.29, 1.82) is 5.26 Å². The fourth-order valence-corrected chi connectivity index (χ4v) is 3.15. The van der Waals surface area contributed by atoms with Crippen LogP contribution in [0.2, 0.25) is 0 Å². The predicted octanol–water partition coefficient (Wildman–Crippen LogP) is 3.16. The van der Waals surface area contributed by atoms with Gasteiger partial charge >= 0.3 is 0 Å². The second-order valence-corrected chi connectivity index (χ2v) is 6.76. The van der Waals surface area contributed by atoms with Crippen molar-refractivity contribution in [3.05, 3.63) is 35.4 Å². The lowest BCUT2D eigenvalue weighted by molar-refractivity contribution is -0.127. The Balaban J connectivity index is 1.98. The standard InChI is InChI=1S/C19H27N3O/c1-15-9-5-6-10-17(15)13-22(3)16(2)18(23)21-19(14-20)11-7-4-8-12-19/h5-6,9-10,16H,4,7-8,11-13H2,1-3H3,(H,21,23). The first-order valence-corrected chi connectivity index (χ1v) is 8.45. The van der Waals surface area contributed by atoms with Gasteiger partial charge in [0.25, 0.3) is 0 Å². The van der Waals surface area contributed by atoms with Crippen LogP contribution in [-0.2, 0) is 11.3 Å². The minimum Gasteiger partial charge on any atom is -0.336 e. The molecule has 0 radical (unpaired) electrons. The number of nitrogens with one attached hydrogen (secondary N) is 1. The van der Waals surface area contributed by atoms with Gasteiger partial charge in [-0.15, -0.1) is 0 Å². The zero-order valence-corrected chi connectivity index (χ0v) is 14.4. The lowest BCUT2D eigenvalue weighted by atomic mass is 9.82. The summed E-state index contributed by atoms with van der Waals surface area (Å²) < 4.78 is 0. The van der Waals surface area contributed by atoms with Crippen molar-refractivity contribution in [1.82, 2.24) is 10.2 Å². The molecule has 1 aliphatic rings. The summed E-state index contributed by atoms with van der Waals surface area (Å²) in [6, 6.07) is 10.3. The lowest BCUT2D eigenvalue weighted by Crippen LogP contribution is -2.54. The maximum atomic E-state index is 12.6. The Morgan fingerprint density at radius 2 is 2.00 bits per heavy atom. The number of likely N-dealkylation sites (N-methyl/N-ethyl adjacent to an activating group) is 1. The molecule has 0 aromatic heterocycles. The third-order valence-electron chi connectivity index (χ3n) is 5.01. The van der Waals surface area contributed by atoms with Gasteiger partial charge < -0.3 is 5.32 Å². The Kier molecular flexibility index (Phi) is 5.79. The highest BCUT2D eigenvalue weighted by atomic mass is 16.2. The van der Waals surface area contributed by atoms with Gasteiger partial charge in [0.15, 0.2) is 0 Å². The predicted molar refractivity (Wildman–Crippen MR) is 91.7 cm³/mol. The maximum Gasteiger partial charge on any atom is 0.238 e. The molecule has 0 heterocycles. The molecule has 0 aliphatic heterocycles. The largest absolute Gasteiger partial charge is 0.336 e. The van der Waals surface area contributed by atoms with Crippen LogP contribution >= 0.6 is 0 Å². The van der Waals surface area contributed by atoms with Crippen LogP contribution in [0.4, 0.5) is 0 Å². The molecular formula is C19H27N3O. The zero-order chi connectivity index (χ0) is 16.9. The Labute approximate surface area is 139 Å². The van der Waals surface area contributed by atoms with Gasteiger partial charge in [-0.05, 0) is 44.9 Å². The normalized spacial score (nSPS) is 18.2. The van der Waals surface area contributed by atoms with Crippen molar-refractivity contribution in [2.24, 2.45) is 0 Å². The quantitative estimate of drug-likeness (QED) is 0.908. The molecular weight excluding hydrogens is 286 g/mol. The van der Waals surface area contributed by atoms with Crippen molar-refractivity contribution in [2.75, 3.05) is 7.05 Å². The molecule has 23 heavy (non-hydrogen) atoms. The van der Waals surface area contributed by atoms with Gasteiger partial charge in [-0.1, -0.05) is 43.5 Å². The van der Waals surface area contributed by atoms with Gasteiger partial charge in [-0.25, -0.2) is 0 Å². The summed E-state index contributed by atoms with van der Waals surface area (Å²) in [5.74, 6) is -0.0514. The summed E-state index contributed by atoms with van der Waals surface area (Å²) in [5.41, 5.74) is 1.79. The molecule has 1 aromatic rings. The second kappa shape index (κ2) is 7.61. The maximum absolute atomic E-state index is 12.6. The van der Waals surface area contributed by atoms with E-state index in [0.717, 1.165) is 38.6 Å². The minimum atomic E-state index is -0.660. The molecule has 0 bridgehead atoms. The first kappa shape index (κ1) is 17.5. The van der Waals surface area contributed by atoms with Crippen molar-refractivity contribution in [3.8, 4) is 6.07 Å². The number of nitrogens with zero attached hydrogens (tertiary/aromatic N) is 2. The van der Waals surface area contributed by atoms with E-state index >= 15 is 0 Å². The van der Waals surface area contributed by atoms with Gasteiger partial charge in [0.2, 0.25) is 5.91 Å². The van der Waals surface area contributed by atoms with E-state index < -0.39 is 5.54 Å². The molecule has 1 N–H and O–H groups in total. The fraction of sp³-hybridized carbons (Fsp3) is 0.579. The van der Waals surface area contributed by atoms with Gasteiger partial charge in [0.05, 0.1) is 12.1 Å². The van der Waals surface area contributed by atoms with Crippen molar-refractivity contribution in [2.45, 2.75) is 64.1 Å². The Morgan fingerprint density at radius 3 is 2.61 bits per heavy atom. The summed E-state index contributed by atoms with van der Waals surface area (Å²) in [6.07, 6.45) is 4.72. The highest BCUT2D eigenvalue weighted by Gasteiger charge is 2.35. The highest BCUT2D eigenvalue weighted by Crippen LogP contribution is 2.27. The smallest absolute Gasteiger partial charge is 0.238 e. The first-order chi connectivity index (χ1) is 11.0. The van der Waals surface area contributed by atoms with Crippen LogP contribution in [0.1, 0.15) is 50.2 Å². The van der Waals surface area contributed by atoms with Crippen molar-refractivity contribution in [3.63, 3.8) is 0 Å². The van der Waals surface area contributed by atoms with Gasteiger partial charge in [0.1, 0.15) is 5.54 Å². The van der Waals surface area contributed by atoms with E-state index in [4.69, 9.17) is 0 Å². The van der Waals surface area contributed by atoms with Crippen molar-refractivity contribution < 1.29 is 4.79 Å². The molecule has 1 saturated carbocycles. The number of rotatable bonds is 5. The van der Waals surface area contributed by atoms with E-state index in [1.54, 1.807) is 0 Å². The Hall–Kier alpha value is -1.86. The number of benzene rings is 1. The van der Waals surface area contributed by atoms with E-state index in [1.165, 1.54) is 11.1 Å². The number of carbonyl (C=O) groups excluding carboxylic acids is 1. The zero-order valence-electron chi connectivity index (χ0n) is 14.4. The van der Waals surface area contributed by atoms with Crippen LogP contribution < -0.4 is 5.32 Å². The summed E-state index contributed by atoms with van der Waals surface area (Å²) >= 11 is 0. The SMILES string of the molecule is Cc1ccccc1CN(C)C(C)C(=O)NC1(C#N)CCCCC1. The Morgan fingerprint density at radius 1 is 1.35 bits per heavy atom. The van der Waals surface area contributed by atoms with Gasteiger partial charge in [-0.2, -0.15) is 5.26 Å². The van der Waals surface area contributed by atoms with Crippen LogP contribution in [0.5, 0.6) is 0 Å². The van der Waals surface area contributed by atoms with Crippen molar-refractivity contribution >= 4 is 5.91 Å². The Bertz CT molecular complexity index is 585. The van der Waals surface area contributed by atoms with E-state index in [-0.39, 0.29) is 11.9 Å². The molecule has 4 nitrogen and oxygen atoms in total. The third-order valence-corrected chi connectivity index (χ3v) is 5.01. The van der Waals surface area contributed by atoms with Crippen LogP contribution in [0, 0.1) is 18.3 Å². The highest BCUT2D eigenvalue weighted by molar-refractivity contribution is 5.82. The monoisotopic (exact) mass is 313 g/mol. The number of amides is 1.